The monoisotopic (exact) mass is 290 g/mol. The standard InChI is InChI=1S/C10H11BrOS2/c11-7-4-8(14-6-7)5-9(12)10-2-1-3-13-10/h4,6,10H,1-3,5H2. The second kappa shape index (κ2) is 4.81. The minimum atomic E-state index is 0.274. The summed E-state index contributed by atoms with van der Waals surface area (Å²) in [6.45, 7) is 0. The van der Waals surface area contributed by atoms with Crippen molar-refractivity contribution in [3.05, 3.63) is 20.8 Å². The second-order valence-electron chi connectivity index (χ2n) is 3.38. The first-order valence-electron chi connectivity index (χ1n) is 4.63. The lowest BCUT2D eigenvalue weighted by atomic mass is 10.1. The third-order valence-corrected chi connectivity index (χ3v) is 5.38. The van der Waals surface area contributed by atoms with Gasteiger partial charge in [0.15, 0.2) is 5.78 Å². The summed E-state index contributed by atoms with van der Waals surface area (Å²) in [6.07, 6.45) is 2.90. The molecule has 1 aliphatic rings. The molecule has 2 heterocycles. The van der Waals surface area contributed by atoms with E-state index in [4.69, 9.17) is 0 Å². The van der Waals surface area contributed by atoms with Crippen LogP contribution in [0.15, 0.2) is 15.9 Å². The molecular weight excluding hydrogens is 280 g/mol. The lowest BCUT2D eigenvalue weighted by Gasteiger charge is -2.04. The molecule has 0 aromatic carbocycles. The van der Waals surface area contributed by atoms with E-state index in [1.165, 1.54) is 11.3 Å². The molecule has 76 valence electrons. The molecule has 1 atom stereocenters. The molecule has 1 saturated heterocycles. The molecule has 0 amide bonds. The van der Waals surface area contributed by atoms with Gasteiger partial charge in [0.25, 0.3) is 0 Å². The maximum atomic E-state index is 11.8. The van der Waals surface area contributed by atoms with Crippen molar-refractivity contribution in [3.63, 3.8) is 0 Å². The number of carbonyl (C=O) groups excluding carboxylic acids is 1. The van der Waals surface area contributed by atoms with Gasteiger partial charge in [-0.15, -0.1) is 11.3 Å². The van der Waals surface area contributed by atoms with Gasteiger partial charge in [-0.05, 0) is 40.6 Å². The van der Waals surface area contributed by atoms with Gasteiger partial charge in [0.2, 0.25) is 0 Å². The van der Waals surface area contributed by atoms with Crippen LogP contribution in [0.25, 0.3) is 0 Å². The van der Waals surface area contributed by atoms with Crippen molar-refractivity contribution in [1.29, 1.82) is 0 Å². The van der Waals surface area contributed by atoms with E-state index in [-0.39, 0.29) is 5.25 Å². The van der Waals surface area contributed by atoms with E-state index in [1.54, 1.807) is 11.3 Å². The van der Waals surface area contributed by atoms with Crippen LogP contribution in [-0.4, -0.2) is 16.8 Å². The Kier molecular flexibility index (Phi) is 3.68. The molecule has 1 aliphatic heterocycles. The first kappa shape index (κ1) is 10.7. The molecule has 1 nitrogen and oxygen atoms in total. The van der Waals surface area contributed by atoms with E-state index >= 15 is 0 Å². The number of carbonyl (C=O) groups is 1. The molecule has 0 spiro atoms. The van der Waals surface area contributed by atoms with E-state index in [2.05, 4.69) is 15.9 Å². The molecule has 1 unspecified atom stereocenters. The van der Waals surface area contributed by atoms with Crippen molar-refractivity contribution in [2.24, 2.45) is 0 Å². The number of hydrogen-bond donors (Lipinski definition) is 0. The van der Waals surface area contributed by atoms with E-state index in [1.807, 2.05) is 23.2 Å². The van der Waals surface area contributed by atoms with Crippen LogP contribution < -0.4 is 0 Å². The zero-order valence-corrected chi connectivity index (χ0v) is 10.9. The lowest BCUT2D eigenvalue weighted by molar-refractivity contribution is -0.117. The minimum absolute atomic E-state index is 0.274. The Morgan fingerprint density at radius 1 is 1.64 bits per heavy atom. The van der Waals surface area contributed by atoms with Crippen molar-refractivity contribution < 1.29 is 4.79 Å². The van der Waals surface area contributed by atoms with Gasteiger partial charge in [0.05, 0.1) is 5.25 Å². The number of rotatable bonds is 3. The molecule has 0 aliphatic carbocycles. The Morgan fingerprint density at radius 3 is 3.07 bits per heavy atom. The average molecular weight is 291 g/mol. The number of thiophene rings is 1. The third-order valence-electron chi connectivity index (χ3n) is 2.26. The number of hydrogen-bond acceptors (Lipinski definition) is 3. The third kappa shape index (κ3) is 2.61. The van der Waals surface area contributed by atoms with Gasteiger partial charge in [0.1, 0.15) is 0 Å². The van der Waals surface area contributed by atoms with Crippen LogP contribution in [-0.2, 0) is 11.2 Å². The zero-order valence-electron chi connectivity index (χ0n) is 7.66. The topological polar surface area (TPSA) is 17.1 Å². The average Bonchev–Trinajstić information content (AvgIpc) is 2.75. The summed E-state index contributed by atoms with van der Waals surface area (Å²) in [5.74, 6) is 1.56. The molecule has 0 saturated carbocycles. The van der Waals surface area contributed by atoms with Crippen molar-refractivity contribution in [2.45, 2.75) is 24.5 Å². The van der Waals surface area contributed by atoms with Gasteiger partial charge < -0.3 is 0 Å². The summed E-state index contributed by atoms with van der Waals surface area (Å²) in [6, 6.07) is 2.04. The summed E-state index contributed by atoms with van der Waals surface area (Å²) in [4.78, 5) is 13.0. The molecule has 0 N–H and O–H groups in total. The molecule has 2 rings (SSSR count). The summed E-state index contributed by atoms with van der Waals surface area (Å²) in [5.41, 5.74) is 0. The predicted molar refractivity (Wildman–Crippen MR) is 66.2 cm³/mol. The summed E-state index contributed by atoms with van der Waals surface area (Å²) >= 11 is 6.88. The molecular formula is C10H11BrOS2. The summed E-state index contributed by atoms with van der Waals surface area (Å²) < 4.78 is 1.09. The largest absolute Gasteiger partial charge is 0.298 e. The Morgan fingerprint density at radius 2 is 2.50 bits per heavy atom. The first-order chi connectivity index (χ1) is 6.75. The first-order valence-corrected chi connectivity index (χ1v) is 7.35. The van der Waals surface area contributed by atoms with Crippen LogP contribution in [0.3, 0.4) is 0 Å². The highest BCUT2D eigenvalue weighted by atomic mass is 79.9. The Bertz CT molecular complexity index is 329. The van der Waals surface area contributed by atoms with Crippen molar-refractivity contribution >= 4 is 44.8 Å². The molecule has 0 radical (unpaired) electrons. The second-order valence-corrected chi connectivity index (χ2v) is 6.60. The maximum absolute atomic E-state index is 11.8. The van der Waals surface area contributed by atoms with Gasteiger partial charge in [0, 0.05) is 21.2 Å². The van der Waals surface area contributed by atoms with Crippen LogP contribution in [0, 0.1) is 0 Å². The molecule has 4 heteroatoms. The fourth-order valence-electron chi connectivity index (χ4n) is 1.56. The van der Waals surface area contributed by atoms with E-state index < -0.39 is 0 Å². The zero-order chi connectivity index (χ0) is 9.97. The maximum Gasteiger partial charge on any atom is 0.150 e. The van der Waals surface area contributed by atoms with Gasteiger partial charge in [-0.2, -0.15) is 11.8 Å². The Hall–Kier alpha value is 0.200. The summed E-state index contributed by atoms with van der Waals surface area (Å²) in [7, 11) is 0. The lowest BCUT2D eigenvalue weighted by Crippen LogP contribution is -2.15. The van der Waals surface area contributed by atoms with Crippen molar-refractivity contribution in [2.75, 3.05) is 5.75 Å². The van der Waals surface area contributed by atoms with Gasteiger partial charge in [-0.25, -0.2) is 0 Å². The smallest absolute Gasteiger partial charge is 0.150 e. The summed E-state index contributed by atoms with van der Waals surface area (Å²) in [5, 5.41) is 2.31. The van der Waals surface area contributed by atoms with Gasteiger partial charge in [-0.1, -0.05) is 0 Å². The molecule has 1 aromatic heterocycles. The fraction of sp³-hybridized carbons (Fsp3) is 0.500. The van der Waals surface area contributed by atoms with E-state index in [0.29, 0.717) is 12.2 Å². The van der Waals surface area contributed by atoms with Crippen molar-refractivity contribution in [3.8, 4) is 0 Å². The number of Topliss-reactive ketones (excluding diaryl/α,β-unsaturated/α-hetero) is 1. The normalized spacial score (nSPS) is 21.4. The molecule has 1 fully saturated rings. The highest BCUT2D eigenvalue weighted by molar-refractivity contribution is 9.10. The van der Waals surface area contributed by atoms with Gasteiger partial charge >= 0.3 is 0 Å². The molecule has 1 aromatic rings. The molecule has 0 bridgehead atoms. The Labute approximate surface area is 100 Å². The van der Waals surface area contributed by atoms with Gasteiger partial charge in [-0.3, -0.25) is 4.79 Å². The fourth-order valence-corrected chi connectivity index (χ4v) is 4.24. The highest BCUT2D eigenvalue weighted by Gasteiger charge is 2.23. The Balaban J connectivity index is 1.93. The van der Waals surface area contributed by atoms with Crippen LogP contribution in [0.2, 0.25) is 0 Å². The van der Waals surface area contributed by atoms with E-state index in [0.717, 1.165) is 16.6 Å². The predicted octanol–water partition coefficient (Wildman–Crippen LogP) is 3.52. The number of ketones is 1. The number of thioether (sulfide) groups is 1. The van der Waals surface area contributed by atoms with Crippen LogP contribution in [0.4, 0.5) is 0 Å². The highest BCUT2D eigenvalue weighted by Crippen LogP contribution is 2.29. The quantitative estimate of drug-likeness (QED) is 0.847. The molecule has 14 heavy (non-hydrogen) atoms. The van der Waals surface area contributed by atoms with Crippen molar-refractivity contribution in [1.82, 2.24) is 0 Å². The van der Waals surface area contributed by atoms with Crippen LogP contribution in [0.5, 0.6) is 0 Å². The van der Waals surface area contributed by atoms with E-state index in [9.17, 15) is 4.79 Å². The van der Waals surface area contributed by atoms with Crippen LogP contribution in [0.1, 0.15) is 17.7 Å². The minimum Gasteiger partial charge on any atom is -0.298 e. The SMILES string of the molecule is O=C(Cc1cc(Br)cs1)C1CCCS1. The van der Waals surface area contributed by atoms with Crippen LogP contribution >= 0.6 is 39.0 Å². The number of halogens is 1.